The minimum atomic E-state index is -1.000. The summed E-state index contributed by atoms with van der Waals surface area (Å²) >= 11 is 0. The molecule has 1 aliphatic rings. The molecule has 0 bridgehead atoms. The Balaban J connectivity index is 1.55. The lowest BCUT2D eigenvalue weighted by atomic mass is 10.1. The highest BCUT2D eigenvalue weighted by Gasteiger charge is 2.42. The third kappa shape index (κ3) is 3.39. The van der Waals surface area contributed by atoms with Crippen molar-refractivity contribution in [3.05, 3.63) is 54.2 Å². The first-order valence-electron chi connectivity index (χ1n) is 9.23. The zero-order valence-corrected chi connectivity index (χ0v) is 15.8. The van der Waals surface area contributed by atoms with Gasteiger partial charge in [0, 0.05) is 6.54 Å². The molecule has 1 atom stereocenters. The van der Waals surface area contributed by atoms with Crippen LogP contribution in [-0.4, -0.2) is 33.1 Å². The SMILES string of the molecule is Cc1noc([C@@H]2CCCN2C(=O)C(C)(C)Oc2ccc3ccccc3c2)n1. The first-order chi connectivity index (χ1) is 12.9. The Morgan fingerprint density at radius 1 is 1.22 bits per heavy atom. The number of hydrogen-bond donors (Lipinski definition) is 0. The quantitative estimate of drug-likeness (QED) is 0.698. The van der Waals surface area contributed by atoms with Crippen molar-refractivity contribution < 1.29 is 14.1 Å². The number of carbonyl (C=O) groups is 1. The van der Waals surface area contributed by atoms with Crippen molar-refractivity contribution in [2.45, 2.75) is 45.3 Å². The summed E-state index contributed by atoms with van der Waals surface area (Å²) in [5, 5.41) is 6.08. The molecule has 6 heteroatoms. The molecule has 27 heavy (non-hydrogen) atoms. The number of aryl methyl sites for hydroxylation is 1. The number of nitrogens with zero attached hydrogens (tertiary/aromatic N) is 3. The van der Waals surface area contributed by atoms with Gasteiger partial charge in [-0.2, -0.15) is 4.98 Å². The van der Waals surface area contributed by atoms with E-state index in [0.717, 1.165) is 23.6 Å². The normalized spacial score (nSPS) is 17.4. The van der Waals surface area contributed by atoms with E-state index in [-0.39, 0.29) is 11.9 Å². The van der Waals surface area contributed by atoms with Gasteiger partial charge in [0.15, 0.2) is 11.4 Å². The van der Waals surface area contributed by atoms with Crippen LogP contribution >= 0.6 is 0 Å². The third-order valence-electron chi connectivity index (χ3n) is 4.95. The summed E-state index contributed by atoms with van der Waals surface area (Å²) < 4.78 is 11.4. The van der Waals surface area contributed by atoms with Crippen LogP contribution in [-0.2, 0) is 4.79 Å². The molecule has 4 rings (SSSR count). The van der Waals surface area contributed by atoms with Crippen molar-refractivity contribution in [1.82, 2.24) is 15.0 Å². The zero-order chi connectivity index (χ0) is 19.0. The first-order valence-corrected chi connectivity index (χ1v) is 9.23. The molecule has 0 aliphatic carbocycles. The van der Waals surface area contributed by atoms with Crippen LogP contribution in [0.15, 0.2) is 47.0 Å². The van der Waals surface area contributed by atoms with Crippen molar-refractivity contribution in [2.24, 2.45) is 0 Å². The van der Waals surface area contributed by atoms with E-state index in [1.807, 2.05) is 36.4 Å². The number of hydrogen-bond acceptors (Lipinski definition) is 5. The van der Waals surface area contributed by atoms with E-state index in [2.05, 4.69) is 16.2 Å². The van der Waals surface area contributed by atoms with Gasteiger partial charge < -0.3 is 14.2 Å². The van der Waals surface area contributed by atoms with Gasteiger partial charge in [0.2, 0.25) is 5.89 Å². The zero-order valence-electron chi connectivity index (χ0n) is 15.8. The van der Waals surface area contributed by atoms with E-state index in [0.29, 0.717) is 24.0 Å². The molecule has 140 valence electrons. The van der Waals surface area contributed by atoms with Gasteiger partial charge >= 0.3 is 0 Å². The number of benzene rings is 2. The van der Waals surface area contributed by atoms with Gasteiger partial charge in [0.1, 0.15) is 11.8 Å². The summed E-state index contributed by atoms with van der Waals surface area (Å²) in [4.78, 5) is 19.3. The van der Waals surface area contributed by atoms with Gasteiger partial charge in [-0.3, -0.25) is 4.79 Å². The molecule has 1 saturated heterocycles. The Morgan fingerprint density at radius 3 is 2.74 bits per heavy atom. The van der Waals surface area contributed by atoms with Crippen LogP contribution in [0.4, 0.5) is 0 Å². The first kappa shape index (κ1) is 17.5. The van der Waals surface area contributed by atoms with Crippen LogP contribution in [0.25, 0.3) is 10.8 Å². The Hall–Kier alpha value is -2.89. The summed E-state index contributed by atoms with van der Waals surface area (Å²) in [6, 6.07) is 13.8. The highest BCUT2D eigenvalue weighted by Crippen LogP contribution is 2.34. The molecular weight excluding hydrogens is 342 g/mol. The molecule has 1 fully saturated rings. The molecule has 1 amide bonds. The standard InChI is InChI=1S/C21H23N3O3/c1-14-22-19(27-23-14)18-9-6-12-24(18)20(25)21(2,3)26-17-11-10-15-7-4-5-8-16(15)13-17/h4-5,7-8,10-11,13,18H,6,9,12H2,1-3H3/t18-/m0/s1. The summed E-state index contributed by atoms with van der Waals surface area (Å²) in [6.45, 7) is 6.05. The second kappa shape index (κ2) is 6.68. The molecule has 0 radical (unpaired) electrons. The smallest absolute Gasteiger partial charge is 0.266 e. The number of fused-ring (bicyclic) bond motifs is 1. The average Bonchev–Trinajstić information content (AvgIpc) is 3.29. The van der Waals surface area contributed by atoms with Gasteiger partial charge in [-0.25, -0.2) is 0 Å². The average molecular weight is 365 g/mol. The van der Waals surface area contributed by atoms with E-state index in [1.54, 1.807) is 25.7 Å². The molecule has 1 aromatic heterocycles. The largest absolute Gasteiger partial charge is 0.478 e. The number of amides is 1. The second-order valence-corrected chi connectivity index (χ2v) is 7.46. The topological polar surface area (TPSA) is 68.5 Å². The molecule has 0 N–H and O–H groups in total. The van der Waals surface area contributed by atoms with Crippen LogP contribution < -0.4 is 4.74 Å². The number of likely N-dealkylation sites (tertiary alicyclic amines) is 1. The van der Waals surface area contributed by atoms with Gasteiger partial charge in [-0.15, -0.1) is 0 Å². The molecule has 0 unspecified atom stereocenters. The monoisotopic (exact) mass is 365 g/mol. The van der Waals surface area contributed by atoms with Crippen molar-refractivity contribution in [2.75, 3.05) is 6.54 Å². The third-order valence-corrected chi connectivity index (χ3v) is 4.95. The maximum absolute atomic E-state index is 13.2. The number of ether oxygens (including phenoxy) is 1. The van der Waals surface area contributed by atoms with Crippen molar-refractivity contribution in [3.63, 3.8) is 0 Å². The summed E-state index contributed by atoms with van der Waals surface area (Å²) in [5.41, 5.74) is -1.000. The molecular formula is C21H23N3O3. The Morgan fingerprint density at radius 2 is 2.00 bits per heavy atom. The number of rotatable bonds is 4. The maximum Gasteiger partial charge on any atom is 0.266 e. The highest BCUT2D eigenvalue weighted by atomic mass is 16.5. The fourth-order valence-electron chi connectivity index (χ4n) is 3.63. The van der Waals surface area contributed by atoms with E-state index < -0.39 is 5.60 Å². The number of carbonyl (C=O) groups excluding carboxylic acids is 1. The van der Waals surface area contributed by atoms with E-state index >= 15 is 0 Å². The van der Waals surface area contributed by atoms with Crippen LogP contribution in [0.2, 0.25) is 0 Å². The van der Waals surface area contributed by atoms with Gasteiger partial charge in [0.25, 0.3) is 5.91 Å². The molecule has 0 spiro atoms. The molecule has 3 aromatic rings. The molecule has 2 aromatic carbocycles. The summed E-state index contributed by atoms with van der Waals surface area (Å²) in [7, 11) is 0. The van der Waals surface area contributed by atoms with Gasteiger partial charge in [0.05, 0.1) is 0 Å². The predicted octanol–water partition coefficient (Wildman–Crippen LogP) is 4.05. The minimum absolute atomic E-state index is 0.0750. The highest BCUT2D eigenvalue weighted by molar-refractivity contribution is 5.86. The van der Waals surface area contributed by atoms with E-state index in [9.17, 15) is 4.79 Å². The lowest BCUT2D eigenvalue weighted by molar-refractivity contribution is -0.147. The summed E-state index contributed by atoms with van der Waals surface area (Å²) in [6.07, 6.45) is 1.73. The van der Waals surface area contributed by atoms with Crippen molar-refractivity contribution in [3.8, 4) is 5.75 Å². The van der Waals surface area contributed by atoms with Gasteiger partial charge in [-0.1, -0.05) is 35.5 Å². The Kier molecular flexibility index (Phi) is 4.34. The summed E-state index contributed by atoms with van der Waals surface area (Å²) in [5.74, 6) is 1.68. The predicted molar refractivity (Wildman–Crippen MR) is 101 cm³/mol. The second-order valence-electron chi connectivity index (χ2n) is 7.46. The molecule has 1 aliphatic heterocycles. The molecule has 6 nitrogen and oxygen atoms in total. The lowest BCUT2D eigenvalue weighted by Gasteiger charge is -2.32. The van der Waals surface area contributed by atoms with Crippen molar-refractivity contribution >= 4 is 16.7 Å². The maximum atomic E-state index is 13.2. The van der Waals surface area contributed by atoms with Crippen LogP contribution in [0.1, 0.15) is 44.4 Å². The van der Waals surface area contributed by atoms with Crippen molar-refractivity contribution in [1.29, 1.82) is 0 Å². The van der Waals surface area contributed by atoms with E-state index in [1.165, 1.54) is 0 Å². The van der Waals surface area contributed by atoms with E-state index in [4.69, 9.17) is 9.26 Å². The van der Waals surface area contributed by atoms with Crippen LogP contribution in [0, 0.1) is 6.92 Å². The fourth-order valence-corrected chi connectivity index (χ4v) is 3.63. The van der Waals surface area contributed by atoms with Crippen LogP contribution in [0.3, 0.4) is 0 Å². The Labute approximate surface area is 158 Å². The number of aromatic nitrogens is 2. The van der Waals surface area contributed by atoms with Crippen LogP contribution in [0.5, 0.6) is 5.75 Å². The molecule has 0 saturated carbocycles. The fraction of sp³-hybridized carbons (Fsp3) is 0.381. The minimum Gasteiger partial charge on any atom is -0.478 e. The lowest BCUT2D eigenvalue weighted by Crippen LogP contribution is -2.48. The van der Waals surface area contributed by atoms with Gasteiger partial charge in [-0.05, 0) is 56.5 Å². The molecule has 2 heterocycles. The Bertz CT molecular complexity index is 979.